The molecule has 0 spiro atoms. The van der Waals surface area contributed by atoms with E-state index in [1.807, 2.05) is 17.4 Å². The van der Waals surface area contributed by atoms with Gasteiger partial charge in [-0.05, 0) is 80.1 Å². The lowest BCUT2D eigenvalue weighted by Gasteiger charge is -2.35. The molecule has 0 amide bonds. The van der Waals surface area contributed by atoms with Gasteiger partial charge in [-0.3, -0.25) is 9.69 Å². The molecule has 0 radical (unpaired) electrons. The van der Waals surface area contributed by atoms with E-state index in [2.05, 4.69) is 41.5 Å². The number of esters is 1. The zero-order valence-electron chi connectivity index (χ0n) is 18.3. The predicted molar refractivity (Wildman–Crippen MR) is 124 cm³/mol. The van der Waals surface area contributed by atoms with Crippen molar-refractivity contribution in [2.75, 3.05) is 13.1 Å². The number of benzene rings is 1. The molecule has 1 heterocycles. The van der Waals surface area contributed by atoms with Gasteiger partial charge in [0.05, 0.1) is 5.92 Å². The summed E-state index contributed by atoms with van der Waals surface area (Å²) in [5.74, 6) is 0.916. The second-order valence-electron chi connectivity index (χ2n) is 8.91. The van der Waals surface area contributed by atoms with Crippen LogP contribution in [-0.2, 0) is 24.1 Å². The standard InChI is InChI=1S/C26H35NO2S/c1-2-16-27(17-15-23-11-7-18-30-23)22-13-14-24-21(19-22)10-6-12-25(24)29-26(28)20-8-4-3-5-9-20/h6-7,10-12,18,20,22H,2-5,8-9,13-17,19H2,1H3. The first kappa shape index (κ1) is 21.6. The van der Waals surface area contributed by atoms with E-state index >= 15 is 0 Å². The van der Waals surface area contributed by atoms with Crippen LogP contribution in [0.1, 0.15) is 67.9 Å². The van der Waals surface area contributed by atoms with Gasteiger partial charge < -0.3 is 4.74 Å². The number of carbonyl (C=O) groups excluding carboxylic acids is 1. The summed E-state index contributed by atoms with van der Waals surface area (Å²) in [6.07, 6.45) is 11.1. The SMILES string of the molecule is CCCN(CCc1cccs1)C1CCc2c(cccc2OC(=O)C2CCCCC2)C1. The fraction of sp³-hybridized carbons (Fsp3) is 0.577. The highest BCUT2D eigenvalue weighted by Gasteiger charge is 2.28. The van der Waals surface area contributed by atoms with Gasteiger partial charge in [-0.1, -0.05) is 44.4 Å². The van der Waals surface area contributed by atoms with Crippen LogP contribution in [0.25, 0.3) is 0 Å². The van der Waals surface area contributed by atoms with Crippen molar-refractivity contribution in [3.63, 3.8) is 0 Å². The van der Waals surface area contributed by atoms with Crippen LogP contribution >= 0.6 is 11.3 Å². The second-order valence-corrected chi connectivity index (χ2v) is 9.94. The molecule has 4 rings (SSSR count). The van der Waals surface area contributed by atoms with Crippen LogP contribution in [0, 0.1) is 5.92 Å². The van der Waals surface area contributed by atoms with Crippen molar-refractivity contribution in [1.82, 2.24) is 4.90 Å². The number of fused-ring (bicyclic) bond motifs is 1. The van der Waals surface area contributed by atoms with Crippen LogP contribution in [-0.4, -0.2) is 30.0 Å². The monoisotopic (exact) mass is 425 g/mol. The lowest BCUT2D eigenvalue weighted by molar-refractivity contribution is -0.140. The Bertz CT molecular complexity index is 810. The van der Waals surface area contributed by atoms with Gasteiger partial charge >= 0.3 is 5.97 Å². The molecule has 1 unspecified atom stereocenters. The van der Waals surface area contributed by atoms with Gasteiger partial charge in [0.1, 0.15) is 5.75 Å². The Morgan fingerprint density at radius 3 is 2.73 bits per heavy atom. The fourth-order valence-electron chi connectivity index (χ4n) is 5.16. The summed E-state index contributed by atoms with van der Waals surface area (Å²) < 4.78 is 5.94. The Hall–Kier alpha value is -1.65. The molecule has 4 heteroatoms. The topological polar surface area (TPSA) is 29.5 Å². The molecule has 0 aliphatic heterocycles. The highest BCUT2D eigenvalue weighted by molar-refractivity contribution is 7.09. The summed E-state index contributed by atoms with van der Waals surface area (Å²) >= 11 is 1.86. The largest absolute Gasteiger partial charge is 0.426 e. The van der Waals surface area contributed by atoms with Crippen molar-refractivity contribution in [1.29, 1.82) is 0 Å². The van der Waals surface area contributed by atoms with Crippen molar-refractivity contribution in [2.45, 2.75) is 77.2 Å². The van der Waals surface area contributed by atoms with Crippen LogP contribution in [0.15, 0.2) is 35.7 Å². The normalized spacial score (nSPS) is 19.6. The minimum atomic E-state index is -0.00576. The molecule has 1 saturated carbocycles. The van der Waals surface area contributed by atoms with E-state index in [0.29, 0.717) is 6.04 Å². The predicted octanol–water partition coefficient (Wildman–Crippen LogP) is 6.05. The Morgan fingerprint density at radius 1 is 1.10 bits per heavy atom. The fourth-order valence-corrected chi connectivity index (χ4v) is 5.86. The maximum absolute atomic E-state index is 12.7. The van der Waals surface area contributed by atoms with E-state index in [9.17, 15) is 4.79 Å². The second kappa shape index (κ2) is 10.6. The molecule has 2 aromatic rings. The van der Waals surface area contributed by atoms with Crippen LogP contribution in [0.5, 0.6) is 5.75 Å². The van der Waals surface area contributed by atoms with E-state index in [-0.39, 0.29) is 11.9 Å². The number of ether oxygens (including phenoxy) is 1. The van der Waals surface area contributed by atoms with Gasteiger partial charge in [-0.2, -0.15) is 0 Å². The van der Waals surface area contributed by atoms with Crippen molar-refractivity contribution in [2.24, 2.45) is 5.92 Å². The van der Waals surface area contributed by atoms with E-state index in [1.165, 1.54) is 28.8 Å². The van der Waals surface area contributed by atoms with Crippen LogP contribution in [0.4, 0.5) is 0 Å². The van der Waals surface area contributed by atoms with Crippen molar-refractivity contribution in [3.8, 4) is 5.75 Å². The summed E-state index contributed by atoms with van der Waals surface area (Å²) in [5.41, 5.74) is 2.64. The van der Waals surface area contributed by atoms with Crippen LogP contribution in [0.3, 0.4) is 0 Å². The average molecular weight is 426 g/mol. The smallest absolute Gasteiger partial charge is 0.314 e. The third-order valence-electron chi connectivity index (χ3n) is 6.81. The highest BCUT2D eigenvalue weighted by Crippen LogP contribution is 2.33. The first-order chi connectivity index (χ1) is 14.7. The average Bonchev–Trinajstić information content (AvgIpc) is 3.31. The molecule has 1 fully saturated rings. The Balaban J connectivity index is 1.41. The number of nitrogens with zero attached hydrogens (tertiary/aromatic N) is 1. The van der Waals surface area contributed by atoms with E-state index in [1.54, 1.807) is 0 Å². The molecule has 1 aromatic heterocycles. The summed E-state index contributed by atoms with van der Waals surface area (Å²) in [5, 5.41) is 2.17. The molecule has 3 nitrogen and oxygen atoms in total. The van der Waals surface area contributed by atoms with E-state index in [0.717, 1.165) is 70.2 Å². The minimum absolute atomic E-state index is 0.00576. The van der Waals surface area contributed by atoms with Gasteiger partial charge in [0.2, 0.25) is 0 Å². The van der Waals surface area contributed by atoms with Crippen molar-refractivity contribution < 1.29 is 9.53 Å². The third-order valence-corrected chi connectivity index (χ3v) is 7.75. The number of carbonyl (C=O) groups is 1. The van der Waals surface area contributed by atoms with Crippen molar-refractivity contribution in [3.05, 3.63) is 51.7 Å². The summed E-state index contributed by atoms with van der Waals surface area (Å²) in [7, 11) is 0. The maximum Gasteiger partial charge on any atom is 0.314 e. The van der Waals surface area contributed by atoms with Gasteiger partial charge in [0.15, 0.2) is 0 Å². The van der Waals surface area contributed by atoms with Crippen LogP contribution in [0.2, 0.25) is 0 Å². The Kier molecular flexibility index (Phi) is 7.62. The van der Waals surface area contributed by atoms with Gasteiger partial charge in [0, 0.05) is 17.5 Å². The number of thiophene rings is 1. The maximum atomic E-state index is 12.7. The van der Waals surface area contributed by atoms with Gasteiger partial charge in [0.25, 0.3) is 0 Å². The number of hydrogen-bond donors (Lipinski definition) is 0. The minimum Gasteiger partial charge on any atom is -0.426 e. The van der Waals surface area contributed by atoms with Crippen molar-refractivity contribution >= 4 is 17.3 Å². The zero-order chi connectivity index (χ0) is 20.8. The first-order valence-corrected chi connectivity index (χ1v) is 12.7. The molecule has 162 valence electrons. The molecule has 0 saturated heterocycles. The molecule has 0 bridgehead atoms. The summed E-state index contributed by atoms with van der Waals surface area (Å²) in [6, 6.07) is 11.3. The van der Waals surface area contributed by atoms with E-state index < -0.39 is 0 Å². The third kappa shape index (κ3) is 5.33. The number of hydrogen-bond acceptors (Lipinski definition) is 4. The highest BCUT2D eigenvalue weighted by atomic mass is 32.1. The Labute approximate surface area is 185 Å². The summed E-state index contributed by atoms with van der Waals surface area (Å²) in [4.78, 5) is 16.8. The van der Waals surface area contributed by atoms with Gasteiger partial charge in [-0.25, -0.2) is 0 Å². The molecular formula is C26H35NO2S. The van der Waals surface area contributed by atoms with Gasteiger partial charge in [-0.15, -0.1) is 11.3 Å². The first-order valence-electron chi connectivity index (χ1n) is 11.8. The van der Waals surface area contributed by atoms with Crippen LogP contribution < -0.4 is 4.74 Å². The zero-order valence-corrected chi connectivity index (χ0v) is 19.1. The molecule has 2 aliphatic rings. The molecule has 2 aliphatic carbocycles. The number of rotatable bonds is 8. The molecular weight excluding hydrogens is 390 g/mol. The lowest BCUT2D eigenvalue weighted by Crippen LogP contribution is -2.41. The molecule has 1 aromatic carbocycles. The molecule has 30 heavy (non-hydrogen) atoms. The lowest BCUT2D eigenvalue weighted by atomic mass is 9.86. The molecule has 0 N–H and O–H groups in total. The quantitative estimate of drug-likeness (QED) is 0.381. The molecule has 1 atom stereocenters. The Morgan fingerprint density at radius 2 is 1.97 bits per heavy atom. The van der Waals surface area contributed by atoms with E-state index in [4.69, 9.17) is 4.74 Å². The summed E-state index contributed by atoms with van der Waals surface area (Å²) in [6.45, 7) is 4.56.